The van der Waals surface area contributed by atoms with Crippen LogP contribution < -0.4 is 4.74 Å². The molecule has 1 heterocycles. The third kappa shape index (κ3) is 3.09. The molecule has 2 aromatic rings. The molecule has 2 aromatic carbocycles. The van der Waals surface area contributed by atoms with Crippen molar-refractivity contribution in [2.75, 3.05) is 13.6 Å². The van der Waals surface area contributed by atoms with Crippen molar-refractivity contribution in [2.45, 2.75) is 18.8 Å². The van der Waals surface area contributed by atoms with Crippen molar-refractivity contribution >= 4 is 0 Å². The summed E-state index contributed by atoms with van der Waals surface area (Å²) in [4.78, 5) is 2.10. The Morgan fingerprint density at radius 2 is 1.86 bits per heavy atom. The van der Waals surface area contributed by atoms with Crippen LogP contribution in [0.5, 0.6) is 5.75 Å². The van der Waals surface area contributed by atoms with Crippen LogP contribution in [-0.2, 0) is 12.7 Å². The minimum absolute atomic E-state index is 0.241. The van der Waals surface area contributed by atoms with Gasteiger partial charge in [0.25, 0.3) is 0 Å². The van der Waals surface area contributed by atoms with Gasteiger partial charge in [0.2, 0.25) is 0 Å². The monoisotopic (exact) mass is 307 g/mol. The summed E-state index contributed by atoms with van der Waals surface area (Å²) >= 11 is 0. The molecule has 116 valence electrons. The van der Waals surface area contributed by atoms with Crippen LogP contribution in [0.15, 0.2) is 48.5 Å². The molecular weight excluding hydrogens is 291 g/mol. The molecule has 3 rings (SSSR count). The standard InChI is InChI=1S/C17H16F3NO/c1-21-10-12-5-2-3-8-15(12)16(11-21)22-14-7-4-6-13(9-14)17(18,19)20/h2-9,16H,10-11H2,1H3. The Morgan fingerprint density at radius 1 is 1.09 bits per heavy atom. The van der Waals surface area contributed by atoms with Gasteiger partial charge in [0.1, 0.15) is 11.9 Å². The highest BCUT2D eigenvalue weighted by Crippen LogP contribution is 2.34. The molecule has 5 heteroatoms. The maximum absolute atomic E-state index is 12.8. The topological polar surface area (TPSA) is 12.5 Å². The van der Waals surface area contributed by atoms with Crippen LogP contribution in [-0.4, -0.2) is 18.5 Å². The SMILES string of the molecule is CN1Cc2ccccc2C(Oc2cccc(C(F)(F)F)c2)C1. The average molecular weight is 307 g/mol. The van der Waals surface area contributed by atoms with Crippen molar-refractivity contribution in [1.29, 1.82) is 0 Å². The number of ether oxygens (including phenoxy) is 1. The number of halogens is 3. The van der Waals surface area contributed by atoms with Crippen LogP contribution in [0.1, 0.15) is 22.8 Å². The Balaban J connectivity index is 1.88. The summed E-state index contributed by atoms with van der Waals surface area (Å²) in [6.07, 6.45) is -4.63. The summed E-state index contributed by atoms with van der Waals surface area (Å²) in [7, 11) is 1.97. The van der Waals surface area contributed by atoms with Gasteiger partial charge in [-0.1, -0.05) is 30.3 Å². The zero-order chi connectivity index (χ0) is 15.7. The molecule has 2 nitrogen and oxygen atoms in total. The lowest BCUT2D eigenvalue weighted by molar-refractivity contribution is -0.137. The van der Waals surface area contributed by atoms with Gasteiger partial charge in [-0.05, 0) is 36.4 Å². The summed E-state index contributed by atoms with van der Waals surface area (Å²) < 4.78 is 44.2. The van der Waals surface area contributed by atoms with Gasteiger partial charge in [-0.15, -0.1) is 0 Å². The number of benzene rings is 2. The molecule has 22 heavy (non-hydrogen) atoms. The van der Waals surface area contributed by atoms with E-state index in [0.717, 1.165) is 29.8 Å². The summed E-state index contributed by atoms with van der Waals surface area (Å²) in [5.74, 6) is 0.241. The molecule has 0 N–H and O–H groups in total. The van der Waals surface area contributed by atoms with Gasteiger partial charge >= 0.3 is 6.18 Å². The van der Waals surface area contributed by atoms with E-state index in [1.54, 1.807) is 6.07 Å². The predicted molar refractivity (Wildman–Crippen MR) is 77.6 cm³/mol. The van der Waals surface area contributed by atoms with Gasteiger partial charge in [0.15, 0.2) is 0 Å². The van der Waals surface area contributed by atoms with E-state index in [2.05, 4.69) is 4.90 Å². The second-order valence-electron chi connectivity index (χ2n) is 5.53. The first-order valence-electron chi connectivity index (χ1n) is 7.04. The van der Waals surface area contributed by atoms with Crippen LogP contribution in [0.25, 0.3) is 0 Å². The average Bonchev–Trinajstić information content (AvgIpc) is 2.46. The maximum Gasteiger partial charge on any atom is 0.416 e. The molecule has 0 aliphatic carbocycles. The van der Waals surface area contributed by atoms with Crippen molar-refractivity contribution in [3.05, 3.63) is 65.2 Å². The molecule has 0 aromatic heterocycles. The molecule has 1 aliphatic rings. The smallest absolute Gasteiger partial charge is 0.416 e. The lowest BCUT2D eigenvalue weighted by atomic mass is 9.97. The molecule has 1 unspecified atom stereocenters. The molecule has 0 saturated heterocycles. The normalized spacial score (nSPS) is 18.8. The maximum atomic E-state index is 12.8. The minimum atomic E-state index is -4.36. The summed E-state index contributed by atoms with van der Waals surface area (Å²) in [5, 5.41) is 0. The van der Waals surface area contributed by atoms with E-state index >= 15 is 0 Å². The Labute approximate surface area is 127 Å². The van der Waals surface area contributed by atoms with Crippen LogP contribution >= 0.6 is 0 Å². The predicted octanol–water partition coefficient (Wildman–Crippen LogP) is 4.27. The largest absolute Gasteiger partial charge is 0.484 e. The van der Waals surface area contributed by atoms with Crippen LogP contribution in [0, 0.1) is 0 Å². The summed E-state index contributed by atoms with van der Waals surface area (Å²) in [6, 6.07) is 12.9. The third-order valence-corrected chi connectivity index (χ3v) is 3.76. The van der Waals surface area contributed by atoms with E-state index in [4.69, 9.17) is 4.74 Å². The van der Waals surface area contributed by atoms with E-state index in [0.29, 0.717) is 6.54 Å². The van der Waals surface area contributed by atoms with Gasteiger partial charge < -0.3 is 4.74 Å². The fourth-order valence-electron chi connectivity index (χ4n) is 2.74. The van der Waals surface area contributed by atoms with Gasteiger partial charge in [-0.3, -0.25) is 4.90 Å². The lowest BCUT2D eigenvalue weighted by Gasteiger charge is -2.32. The number of nitrogens with zero attached hydrogens (tertiary/aromatic N) is 1. The minimum Gasteiger partial charge on any atom is -0.484 e. The Bertz CT molecular complexity index is 669. The lowest BCUT2D eigenvalue weighted by Crippen LogP contribution is -2.33. The number of hydrogen-bond donors (Lipinski definition) is 0. The summed E-state index contributed by atoms with van der Waals surface area (Å²) in [5.41, 5.74) is 1.49. The highest BCUT2D eigenvalue weighted by atomic mass is 19.4. The Kier molecular flexibility index (Phi) is 3.83. The van der Waals surface area contributed by atoms with Crippen LogP contribution in [0.2, 0.25) is 0 Å². The van der Waals surface area contributed by atoms with Gasteiger partial charge in [-0.25, -0.2) is 0 Å². The zero-order valence-electron chi connectivity index (χ0n) is 12.1. The molecule has 0 saturated carbocycles. The quantitative estimate of drug-likeness (QED) is 0.821. The van der Waals surface area contributed by atoms with Gasteiger partial charge in [-0.2, -0.15) is 13.2 Å². The number of hydrogen-bond acceptors (Lipinski definition) is 2. The van der Waals surface area contributed by atoms with Crippen molar-refractivity contribution in [3.63, 3.8) is 0 Å². The first kappa shape index (κ1) is 14.9. The molecule has 0 amide bonds. The van der Waals surface area contributed by atoms with E-state index in [1.165, 1.54) is 6.07 Å². The van der Waals surface area contributed by atoms with E-state index < -0.39 is 11.7 Å². The van der Waals surface area contributed by atoms with Crippen molar-refractivity contribution < 1.29 is 17.9 Å². The van der Waals surface area contributed by atoms with E-state index in [9.17, 15) is 13.2 Å². The number of rotatable bonds is 2. The number of likely N-dealkylation sites (N-methyl/N-ethyl adjacent to an activating group) is 1. The molecule has 0 bridgehead atoms. The molecule has 1 aliphatic heterocycles. The second kappa shape index (κ2) is 5.65. The molecule has 0 fully saturated rings. The molecule has 0 spiro atoms. The van der Waals surface area contributed by atoms with Crippen LogP contribution in [0.3, 0.4) is 0 Å². The van der Waals surface area contributed by atoms with Crippen LogP contribution in [0.4, 0.5) is 13.2 Å². The first-order chi connectivity index (χ1) is 10.4. The van der Waals surface area contributed by atoms with Crippen molar-refractivity contribution in [1.82, 2.24) is 4.90 Å². The fraction of sp³-hybridized carbons (Fsp3) is 0.294. The third-order valence-electron chi connectivity index (χ3n) is 3.76. The number of alkyl halides is 3. The zero-order valence-corrected chi connectivity index (χ0v) is 12.1. The Morgan fingerprint density at radius 3 is 2.64 bits per heavy atom. The van der Waals surface area contributed by atoms with Gasteiger partial charge in [0, 0.05) is 13.1 Å². The van der Waals surface area contributed by atoms with Crippen molar-refractivity contribution in [2.24, 2.45) is 0 Å². The molecular formula is C17H16F3NO. The molecule has 1 atom stereocenters. The second-order valence-corrected chi connectivity index (χ2v) is 5.53. The molecule has 0 radical (unpaired) electrons. The van der Waals surface area contributed by atoms with E-state index in [-0.39, 0.29) is 11.9 Å². The van der Waals surface area contributed by atoms with Gasteiger partial charge in [0.05, 0.1) is 5.56 Å². The highest BCUT2D eigenvalue weighted by molar-refractivity contribution is 5.35. The summed E-state index contributed by atoms with van der Waals surface area (Å²) in [6.45, 7) is 1.46. The van der Waals surface area contributed by atoms with Crippen molar-refractivity contribution in [3.8, 4) is 5.75 Å². The number of fused-ring (bicyclic) bond motifs is 1. The van der Waals surface area contributed by atoms with E-state index in [1.807, 2.05) is 31.3 Å². The highest BCUT2D eigenvalue weighted by Gasteiger charge is 2.31. The Hall–Kier alpha value is -2.01. The fourth-order valence-corrected chi connectivity index (χ4v) is 2.74. The first-order valence-corrected chi connectivity index (χ1v) is 7.04.